The lowest BCUT2D eigenvalue weighted by molar-refractivity contribution is 0.0596. The molecule has 0 fully saturated rings. The molecule has 0 bridgehead atoms. The Labute approximate surface area is 115 Å². The van der Waals surface area contributed by atoms with Crippen molar-refractivity contribution in [2.75, 3.05) is 12.8 Å². The van der Waals surface area contributed by atoms with Crippen molar-refractivity contribution in [1.29, 1.82) is 0 Å². The molecule has 0 radical (unpaired) electrons. The molecule has 0 saturated carbocycles. The monoisotopic (exact) mass is 330 g/mol. The first-order valence-corrected chi connectivity index (χ1v) is 6.44. The van der Waals surface area contributed by atoms with Crippen LogP contribution in [0.3, 0.4) is 0 Å². The van der Waals surface area contributed by atoms with Crippen LogP contribution in [0.2, 0.25) is 0 Å². The summed E-state index contributed by atoms with van der Waals surface area (Å²) in [4.78, 5) is 16.0. The van der Waals surface area contributed by atoms with Gasteiger partial charge in [-0.05, 0) is 18.2 Å². The standard InChI is InChI=1S/C11H8BrFN2O2S/c1-17-10(16)8-9(18-11(14)15-8)6-4-5(13)2-3-7(6)12/h2-4H,1H3,(H2,14,15). The van der Waals surface area contributed by atoms with Crippen LogP contribution < -0.4 is 5.73 Å². The highest BCUT2D eigenvalue weighted by atomic mass is 79.9. The van der Waals surface area contributed by atoms with E-state index in [2.05, 4.69) is 25.7 Å². The van der Waals surface area contributed by atoms with Crippen LogP contribution in [-0.2, 0) is 4.74 Å². The maximum Gasteiger partial charge on any atom is 0.358 e. The molecule has 94 valence electrons. The van der Waals surface area contributed by atoms with E-state index in [9.17, 15) is 9.18 Å². The molecule has 1 heterocycles. The minimum absolute atomic E-state index is 0.0892. The number of nitrogen functional groups attached to an aromatic ring is 1. The average Bonchev–Trinajstić information content (AvgIpc) is 2.73. The van der Waals surface area contributed by atoms with Crippen LogP contribution >= 0.6 is 27.3 Å². The van der Waals surface area contributed by atoms with Gasteiger partial charge in [-0.1, -0.05) is 27.3 Å². The van der Waals surface area contributed by atoms with E-state index < -0.39 is 11.8 Å². The number of aromatic nitrogens is 1. The number of benzene rings is 1. The molecule has 0 saturated heterocycles. The largest absolute Gasteiger partial charge is 0.464 e. The molecule has 0 unspecified atom stereocenters. The fraction of sp³-hybridized carbons (Fsp3) is 0.0909. The van der Waals surface area contributed by atoms with E-state index in [4.69, 9.17) is 5.73 Å². The molecular weight excluding hydrogens is 323 g/mol. The number of carbonyl (C=O) groups excluding carboxylic acids is 1. The van der Waals surface area contributed by atoms with Gasteiger partial charge in [0.15, 0.2) is 10.8 Å². The van der Waals surface area contributed by atoms with E-state index in [1.54, 1.807) is 6.07 Å². The van der Waals surface area contributed by atoms with Crippen LogP contribution in [-0.4, -0.2) is 18.1 Å². The second kappa shape index (κ2) is 5.03. The summed E-state index contributed by atoms with van der Waals surface area (Å²) in [5.41, 5.74) is 6.20. The quantitative estimate of drug-likeness (QED) is 0.859. The highest BCUT2D eigenvalue weighted by Crippen LogP contribution is 2.37. The Kier molecular flexibility index (Phi) is 3.63. The molecule has 0 aliphatic heterocycles. The second-order valence-electron chi connectivity index (χ2n) is 3.35. The number of hydrogen-bond acceptors (Lipinski definition) is 5. The fourth-order valence-electron chi connectivity index (χ4n) is 1.43. The van der Waals surface area contributed by atoms with Crippen LogP contribution in [0.4, 0.5) is 9.52 Å². The summed E-state index contributed by atoms with van der Waals surface area (Å²) in [5.74, 6) is -1.01. The predicted molar refractivity (Wildman–Crippen MR) is 71.0 cm³/mol. The Morgan fingerprint density at radius 2 is 2.28 bits per heavy atom. The normalized spacial score (nSPS) is 10.4. The predicted octanol–water partition coefficient (Wildman–Crippen LogP) is 3.08. The number of nitrogens with zero attached hydrogens (tertiary/aromatic N) is 1. The topological polar surface area (TPSA) is 65.2 Å². The third-order valence-corrected chi connectivity index (χ3v) is 3.80. The SMILES string of the molecule is COC(=O)c1nc(N)sc1-c1cc(F)ccc1Br. The van der Waals surface area contributed by atoms with Crippen molar-refractivity contribution in [2.45, 2.75) is 0 Å². The smallest absolute Gasteiger partial charge is 0.358 e. The molecule has 0 atom stereocenters. The summed E-state index contributed by atoms with van der Waals surface area (Å²) < 4.78 is 18.5. The van der Waals surface area contributed by atoms with Gasteiger partial charge in [-0.3, -0.25) is 0 Å². The van der Waals surface area contributed by atoms with Crippen molar-refractivity contribution in [2.24, 2.45) is 0 Å². The maximum absolute atomic E-state index is 13.3. The number of rotatable bonds is 2. The molecule has 1 aromatic heterocycles. The molecule has 18 heavy (non-hydrogen) atoms. The summed E-state index contributed by atoms with van der Waals surface area (Å²) in [6.07, 6.45) is 0. The summed E-state index contributed by atoms with van der Waals surface area (Å²) in [6.45, 7) is 0. The summed E-state index contributed by atoms with van der Waals surface area (Å²) in [7, 11) is 1.25. The Hall–Kier alpha value is -1.47. The molecular formula is C11H8BrFN2O2S. The Morgan fingerprint density at radius 3 is 2.94 bits per heavy atom. The molecule has 2 N–H and O–H groups in total. The summed E-state index contributed by atoms with van der Waals surface area (Å²) in [6, 6.07) is 4.18. The number of thiazole rings is 1. The molecule has 0 amide bonds. The average molecular weight is 331 g/mol. The van der Waals surface area contributed by atoms with Crippen molar-refractivity contribution in [3.05, 3.63) is 34.2 Å². The minimum Gasteiger partial charge on any atom is -0.464 e. The van der Waals surface area contributed by atoms with Crippen molar-refractivity contribution in [1.82, 2.24) is 4.98 Å². The summed E-state index contributed by atoms with van der Waals surface area (Å²) >= 11 is 4.40. The first-order valence-electron chi connectivity index (χ1n) is 4.83. The zero-order valence-corrected chi connectivity index (χ0v) is 11.6. The van der Waals surface area contributed by atoms with Crippen LogP contribution in [0.25, 0.3) is 10.4 Å². The molecule has 2 aromatic rings. The number of esters is 1. The van der Waals surface area contributed by atoms with Crippen molar-refractivity contribution in [3.63, 3.8) is 0 Å². The van der Waals surface area contributed by atoms with Gasteiger partial charge in [0.05, 0.1) is 12.0 Å². The van der Waals surface area contributed by atoms with Gasteiger partial charge in [-0.15, -0.1) is 0 Å². The highest BCUT2D eigenvalue weighted by Gasteiger charge is 2.21. The number of hydrogen-bond donors (Lipinski definition) is 1. The molecule has 0 aliphatic carbocycles. The van der Waals surface area contributed by atoms with Gasteiger partial charge >= 0.3 is 5.97 Å². The number of anilines is 1. The Balaban J connectivity index is 2.63. The number of nitrogens with two attached hydrogens (primary N) is 1. The van der Waals surface area contributed by atoms with Crippen LogP contribution in [0, 0.1) is 5.82 Å². The molecule has 1 aromatic carbocycles. The lowest BCUT2D eigenvalue weighted by Crippen LogP contribution is -2.03. The number of ether oxygens (including phenoxy) is 1. The van der Waals surface area contributed by atoms with Gasteiger partial charge < -0.3 is 10.5 Å². The third kappa shape index (κ3) is 2.37. The maximum atomic E-state index is 13.3. The number of methoxy groups -OCH3 is 1. The molecule has 7 heteroatoms. The Morgan fingerprint density at radius 1 is 1.56 bits per heavy atom. The number of halogens is 2. The van der Waals surface area contributed by atoms with Crippen LogP contribution in [0.1, 0.15) is 10.5 Å². The van der Waals surface area contributed by atoms with Crippen LogP contribution in [0.5, 0.6) is 0 Å². The van der Waals surface area contributed by atoms with Crippen molar-refractivity contribution < 1.29 is 13.9 Å². The minimum atomic E-state index is -0.603. The molecule has 0 aliphatic rings. The van der Waals surface area contributed by atoms with E-state index in [0.717, 1.165) is 11.3 Å². The highest BCUT2D eigenvalue weighted by molar-refractivity contribution is 9.10. The summed E-state index contributed by atoms with van der Waals surface area (Å²) in [5, 5.41) is 0.224. The van der Waals surface area contributed by atoms with E-state index in [-0.39, 0.29) is 10.8 Å². The van der Waals surface area contributed by atoms with Gasteiger partial charge in [-0.25, -0.2) is 14.2 Å². The van der Waals surface area contributed by atoms with Gasteiger partial charge in [0.2, 0.25) is 0 Å². The lowest BCUT2D eigenvalue weighted by Gasteiger charge is -2.03. The zero-order valence-electron chi connectivity index (χ0n) is 9.24. The van der Waals surface area contributed by atoms with Gasteiger partial charge in [0.1, 0.15) is 5.82 Å². The van der Waals surface area contributed by atoms with E-state index >= 15 is 0 Å². The fourth-order valence-corrected chi connectivity index (χ4v) is 2.85. The molecule has 2 rings (SSSR count). The Bertz CT molecular complexity index is 615. The van der Waals surface area contributed by atoms with Gasteiger partial charge in [-0.2, -0.15) is 0 Å². The van der Waals surface area contributed by atoms with Crippen LogP contribution in [0.15, 0.2) is 22.7 Å². The van der Waals surface area contributed by atoms with E-state index in [1.807, 2.05) is 0 Å². The van der Waals surface area contributed by atoms with Crippen molar-refractivity contribution >= 4 is 38.4 Å². The third-order valence-electron chi connectivity index (χ3n) is 2.20. The van der Waals surface area contributed by atoms with E-state index in [1.165, 1.54) is 19.2 Å². The van der Waals surface area contributed by atoms with Gasteiger partial charge in [0.25, 0.3) is 0 Å². The molecule has 4 nitrogen and oxygen atoms in total. The lowest BCUT2D eigenvalue weighted by atomic mass is 10.1. The van der Waals surface area contributed by atoms with E-state index in [0.29, 0.717) is 14.9 Å². The first kappa shape index (κ1) is 13.0. The second-order valence-corrected chi connectivity index (χ2v) is 5.23. The van der Waals surface area contributed by atoms with Crippen molar-refractivity contribution in [3.8, 4) is 10.4 Å². The zero-order chi connectivity index (χ0) is 13.3. The first-order chi connectivity index (χ1) is 8.52. The number of carbonyl (C=O) groups is 1. The molecule has 0 spiro atoms. The van der Waals surface area contributed by atoms with Gasteiger partial charge in [0, 0.05) is 10.0 Å².